The van der Waals surface area contributed by atoms with Crippen molar-refractivity contribution in [3.05, 3.63) is 29.3 Å². The molecular weight excluding hydrogens is 290 g/mol. The number of hydrogen-bond donors (Lipinski definition) is 0. The normalized spacial score (nSPS) is 15.3. The van der Waals surface area contributed by atoms with Crippen molar-refractivity contribution in [2.24, 2.45) is 0 Å². The average molecular weight is 314 g/mol. The van der Waals surface area contributed by atoms with Gasteiger partial charge in [0.1, 0.15) is 5.75 Å². The molecule has 118 valence electrons. The first kappa shape index (κ1) is 18.0. The predicted octanol–water partition coefficient (Wildman–Crippen LogP) is 2.93. The van der Waals surface area contributed by atoms with Crippen LogP contribution < -0.4 is 4.74 Å². The lowest BCUT2D eigenvalue weighted by Gasteiger charge is -2.27. The highest BCUT2D eigenvalue weighted by Crippen LogP contribution is 2.23. The molecule has 0 aromatic heterocycles. The maximum absolute atomic E-state index is 11.5. The molecule has 2 rings (SSSR count). The average Bonchev–Trinajstić information content (AvgIpc) is 2.47. The molecule has 5 heteroatoms. The van der Waals surface area contributed by atoms with E-state index in [0.29, 0.717) is 6.61 Å². The van der Waals surface area contributed by atoms with E-state index in [4.69, 9.17) is 9.47 Å². The SMILES string of the molecule is CCCOc1ccc(C(C)=O)cc1CN1CCOCC1.Cl. The fraction of sp³-hybridized carbons (Fsp3) is 0.562. The smallest absolute Gasteiger partial charge is 0.159 e. The number of rotatable bonds is 6. The third-order valence-electron chi connectivity index (χ3n) is 3.43. The molecule has 1 aromatic rings. The second-order valence-electron chi connectivity index (χ2n) is 5.12. The Morgan fingerprint density at radius 3 is 2.67 bits per heavy atom. The Kier molecular flexibility index (Phi) is 7.72. The number of ether oxygens (including phenoxy) is 2. The molecule has 0 aliphatic carbocycles. The van der Waals surface area contributed by atoms with Crippen molar-refractivity contribution in [1.82, 2.24) is 4.90 Å². The minimum absolute atomic E-state index is 0. The Morgan fingerprint density at radius 2 is 2.05 bits per heavy atom. The van der Waals surface area contributed by atoms with Gasteiger partial charge in [0.2, 0.25) is 0 Å². The summed E-state index contributed by atoms with van der Waals surface area (Å²) in [7, 11) is 0. The van der Waals surface area contributed by atoms with Gasteiger partial charge in [0, 0.05) is 30.8 Å². The van der Waals surface area contributed by atoms with Crippen molar-refractivity contribution in [3.63, 3.8) is 0 Å². The van der Waals surface area contributed by atoms with E-state index in [1.807, 2.05) is 18.2 Å². The van der Waals surface area contributed by atoms with Gasteiger partial charge in [-0.3, -0.25) is 9.69 Å². The third kappa shape index (κ3) is 5.30. The molecule has 0 unspecified atom stereocenters. The molecule has 1 aliphatic heterocycles. The number of benzene rings is 1. The molecule has 1 heterocycles. The summed E-state index contributed by atoms with van der Waals surface area (Å²) in [5, 5.41) is 0. The monoisotopic (exact) mass is 313 g/mol. The molecule has 1 saturated heterocycles. The van der Waals surface area contributed by atoms with Crippen molar-refractivity contribution in [3.8, 4) is 5.75 Å². The molecule has 1 fully saturated rings. The Balaban J connectivity index is 0.00000220. The Morgan fingerprint density at radius 1 is 1.33 bits per heavy atom. The highest BCUT2D eigenvalue weighted by Gasteiger charge is 2.14. The zero-order valence-corrected chi connectivity index (χ0v) is 13.6. The number of carbonyl (C=O) groups excluding carboxylic acids is 1. The van der Waals surface area contributed by atoms with Crippen LogP contribution in [0.15, 0.2) is 18.2 Å². The third-order valence-corrected chi connectivity index (χ3v) is 3.43. The first-order valence-corrected chi connectivity index (χ1v) is 7.27. The van der Waals surface area contributed by atoms with Crippen LogP contribution in [0.3, 0.4) is 0 Å². The number of Topliss-reactive ketones (excluding diaryl/α,β-unsaturated/α-hetero) is 1. The highest BCUT2D eigenvalue weighted by atomic mass is 35.5. The van der Waals surface area contributed by atoms with Gasteiger partial charge in [0.15, 0.2) is 5.78 Å². The van der Waals surface area contributed by atoms with Crippen molar-refractivity contribution in [2.75, 3.05) is 32.9 Å². The van der Waals surface area contributed by atoms with E-state index in [0.717, 1.165) is 56.1 Å². The van der Waals surface area contributed by atoms with Crippen LogP contribution in [0.25, 0.3) is 0 Å². The van der Waals surface area contributed by atoms with Crippen LogP contribution in [-0.4, -0.2) is 43.6 Å². The molecule has 1 aliphatic rings. The zero-order valence-electron chi connectivity index (χ0n) is 12.8. The van der Waals surface area contributed by atoms with Gasteiger partial charge in [-0.25, -0.2) is 0 Å². The van der Waals surface area contributed by atoms with Crippen molar-refractivity contribution in [2.45, 2.75) is 26.8 Å². The summed E-state index contributed by atoms with van der Waals surface area (Å²) in [6.45, 7) is 8.61. The molecule has 0 spiro atoms. The maximum atomic E-state index is 11.5. The fourth-order valence-corrected chi connectivity index (χ4v) is 2.28. The summed E-state index contributed by atoms with van der Waals surface area (Å²) < 4.78 is 11.2. The van der Waals surface area contributed by atoms with Gasteiger partial charge in [-0.15, -0.1) is 12.4 Å². The molecule has 1 aromatic carbocycles. The summed E-state index contributed by atoms with van der Waals surface area (Å²) in [4.78, 5) is 13.9. The van der Waals surface area contributed by atoms with Crippen molar-refractivity contribution in [1.29, 1.82) is 0 Å². The second-order valence-corrected chi connectivity index (χ2v) is 5.12. The van der Waals surface area contributed by atoms with Crippen LogP contribution in [0.2, 0.25) is 0 Å². The Bertz CT molecular complexity index is 459. The molecule has 0 amide bonds. The zero-order chi connectivity index (χ0) is 14.4. The minimum atomic E-state index is 0. The molecular formula is C16H24ClNO3. The number of nitrogens with zero attached hydrogens (tertiary/aromatic N) is 1. The molecule has 0 atom stereocenters. The second kappa shape index (κ2) is 9.03. The van der Waals surface area contributed by atoms with E-state index in [1.165, 1.54) is 0 Å². The van der Waals surface area contributed by atoms with Crippen LogP contribution in [-0.2, 0) is 11.3 Å². The molecule has 0 saturated carbocycles. The van der Waals surface area contributed by atoms with E-state index in [1.54, 1.807) is 6.92 Å². The largest absolute Gasteiger partial charge is 0.493 e. The van der Waals surface area contributed by atoms with Gasteiger partial charge in [-0.05, 0) is 31.5 Å². The quantitative estimate of drug-likeness (QED) is 0.757. The topological polar surface area (TPSA) is 38.8 Å². The number of ketones is 1. The van der Waals surface area contributed by atoms with Gasteiger partial charge < -0.3 is 9.47 Å². The van der Waals surface area contributed by atoms with E-state index in [-0.39, 0.29) is 18.2 Å². The minimum Gasteiger partial charge on any atom is -0.493 e. The lowest BCUT2D eigenvalue weighted by Crippen LogP contribution is -2.35. The fourth-order valence-electron chi connectivity index (χ4n) is 2.28. The van der Waals surface area contributed by atoms with Crippen LogP contribution in [0.1, 0.15) is 36.2 Å². The van der Waals surface area contributed by atoms with Gasteiger partial charge in [0.25, 0.3) is 0 Å². The highest BCUT2D eigenvalue weighted by molar-refractivity contribution is 5.94. The molecule has 21 heavy (non-hydrogen) atoms. The lowest BCUT2D eigenvalue weighted by molar-refractivity contribution is 0.0338. The summed E-state index contributed by atoms with van der Waals surface area (Å²) in [6.07, 6.45) is 0.978. The standard InChI is InChI=1S/C16H23NO3.ClH/c1-3-8-20-16-5-4-14(13(2)18)11-15(16)12-17-6-9-19-10-7-17;/h4-5,11H,3,6-10,12H2,1-2H3;1H. The van der Waals surface area contributed by atoms with Crippen molar-refractivity contribution >= 4 is 18.2 Å². The van der Waals surface area contributed by atoms with Gasteiger partial charge in [-0.2, -0.15) is 0 Å². The van der Waals surface area contributed by atoms with E-state index in [2.05, 4.69) is 11.8 Å². The van der Waals surface area contributed by atoms with E-state index in [9.17, 15) is 4.79 Å². The van der Waals surface area contributed by atoms with Gasteiger partial charge in [-0.1, -0.05) is 6.92 Å². The number of carbonyl (C=O) groups is 1. The Hall–Kier alpha value is -1.10. The van der Waals surface area contributed by atoms with Gasteiger partial charge >= 0.3 is 0 Å². The summed E-state index contributed by atoms with van der Waals surface area (Å²) in [6, 6.07) is 5.72. The molecule has 0 radical (unpaired) electrons. The van der Waals surface area contributed by atoms with Crippen LogP contribution in [0, 0.1) is 0 Å². The van der Waals surface area contributed by atoms with Crippen molar-refractivity contribution < 1.29 is 14.3 Å². The summed E-state index contributed by atoms with van der Waals surface area (Å²) in [5.74, 6) is 0.985. The number of hydrogen-bond acceptors (Lipinski definition) is 4. The molecule has 0 bridgehead atoms. The summed E-state index contributed by atoms with van der Waals surface area (Å²) >= 11 is 0. The maximum Gasteiger partial charge on any atom is 0.159 e. The van der Waals surface area contributed by atoms with E-state index < -0.39 is 0 Å². The van der Waals surface area contributed by atoms with Gasteiger partial charge in [0.05, 0.1) is 19.8 Å². The van der Waals surface area contributed by atoms with Crippen LogP contribution in [0.4, 0.5) is 0 Å². The van der Waals surface area contributed by atoms with Crippen LogP contribution >= 0.6 is 12.4 Å². The first-order chi connectivity index (χ1) is 9.70. The number of morpholine rings is 1. The summed E-state index contributed by atoms with van der Waals surface area (Å²) in [5.41, 5.74) is 1.84. The number of halogens is 1. The molecule has 0 N–H and O–H groups in total. The lowest BCUT2D eigenvalue weighted by atomic mass is 10.1. The first-order valence-electron chi connectivity index (χ1n) is 7.27. The molecule has 4 nitrogen and oxygen atoms in total. The predicted molar refractivity (Wildman–Crippen MR) is 85.6 cm³/mol. The Labute approximate surface area is 132 Å². The van der Waals surface area contributed by atoms with Crippen LogP contribution in [0.5, 0.6) is 5.75 Å². The van der Waals surface area contributed by atoms with E-state index >= 15 is 0 Å².